The third-order valence-electron chi connectivity index (χ3n) is 5.12. The molecule has 0 aliphatic carbocycles. The Labute approximate surface area is 161 Å². The first kappa shape index (κ1) is 18.8. The summed E-state index contributed by atoms with van der Waals surface area (Å²) < 4.78 is 11.0. The van der Waals surface area contributed by atoms with Crippen molar-refractivity contribution in [1.82, 2.24) is 4.90 Å². The van der Waals surface area contributed by atoms with Gasteiger partial charge in [-0.1, -0.05) is 30.3 Å². The minimum Gasteiger partial charge on any atom is -0.394 e. The maximum absolute atomic E-state index is 13.0. The van der Waals surface area contributed by atoms with Crippen molar-refractivity contribution >= 4 is 23.7 Å². The van der Waals surface area contributed by atoms with Crippen LogP contribution in [-0.2, 0) is 9.47 Å². The second-order valence-electron chi connectivity index (χ2n) is 6.72. The Morgan fingerprint density at radius 1 is 1.43 bits per heavy atom. The number of fused-ring (bicyclic) bond motifs is 1. The zero-order valence-electron chi connectivity index (χ0n) is 15.2. The van der Waals surface area contributed by atoms with Gasteiger partial charge in [0.2, 0.25) is 11.4 Å². The zero-order valence-corrected chi connectivity index (χ0v) is 15.2. The van der Waals surface area contributed by atoms with Crippen molar-refractivity contribution in [3.63, 3.8) is 0 Å². The van der Waals surface area contributed by atoms with Gasteiger partial charge in [0.05, 0.1) is 6.61 Å². The van der Waals surface area contributed by atoms with Crippen LogP contribution in [0.2, 0.25) is 0 Å². The predicted octanol–water partition coefficient (Wildman–Crippen LogP) is -1.23. The summed E-state index contributed by atoms with van der Waals surface area (Å²) >= 11 is 0. The second kappa shape index (κ2) is 7.15. The molecule has 3 heterocycles. The van der Waals surface area contributed by atoms with Gasteiger partial charge in [-0.15, -0.1) is 0 Å². The number of carbonyl (C=O) groups is 1. The number of aliphatic hydroxyl groups is 2. The first-order valence-corrected chi connectivity index (χ1v) is 8.80. The predicted molar refractivity (Wildman–Crippen MR) is 100 cm³/mol. The quantitative estimate of drug-likeness (QED) is 0.537. The van der Waals surface area contributed by atoms with Crippen LogP contribution in [0.25, 0.3) is 0 Å². The number of amidine groups is 1. The van der Waals surface area contributed by atoms with Gasteiger partial charge in [-0.25, -0.2) is 9.98 Å². The highest BCUT2D eigenvalue weighted by Gasteiger charge is 2.53. The summed E-state index contributed by atoms with van der Waals surface area (Å²) in [7, 11) is 1.43. The van der Waals surface area contributed by atoms with Crippen LogP contribution in [0.4, 0.5) is 0 Å². The Morgan fingerprint density at radius 2 is 2.18 bits per heavy atom. The van der Waals surface area contributed by atoms with Crippen LogP contribution in [0.5, 0.6) is 0 Å². The number of ether oxygens (including phenoxy) is 2. The number of hydrogen-bond donors (Lipinski definition) is 3. The molecule has 10 heteroatoms. The standard InChI is InChI=1S/C18H21N5O5/c1-27-13-11(7-24)28-17(12(13)25)23-9-21-14-16(23)20-8-22-18(14,19)15(26)10-5-3-2-4-6-10/h2-6,8,11-13,17,24-25H,7,9,19H2,1H3/t11-,12-,13-,17-,18?/m1/s1. The monoisotopic (exact) mass is 387 g/mol. The Bertz CT molecular complexity index is 857. The summed E-state index contributed by atoms with van der Waals surface area (Å²) in [4.78, 5) is 27.3. The summed E-state index contributed by atoms with van der Waals surface area (Å²) in [6.45, 7) is -0.232. The summed E-state index contributed by atoms with van der Waals surface area (Å²) in [5, 5.41) is 20.1. The number of nitrogens with zero attached hydrogens (tertiary/aromatic N) is 4. The van der Waals surface area contributed by atoms with Crippen LogP contribution in [0.3, 0.4) is 0 Å². The number of methoxy groups -OCH3 is 1. The van der Waals surface area contributed by atoms with Gasteiger partial charge in [0.1, 0.15) is 37.0 Å². The SMILES string of the molecule is CO[C@H]1[C@@H](O)[C@H](N2CN=C3C2=NC=NC3(N)C(=O)c2ccccc2)O[C@@H]1CO. The van der Waals surface area contributed by atoms with E-state index >= 15 is 0 Å². The van der Waals surface area contributed by atoms with Crippen molar-refractivity contribution in [2.45, 2.75) is 30.2 Å². The molecule has 3 aliphatic rings. The van der Waals surface area contributed by atoms with E-state index in [-0.39, 0.29) is 19.0 Å². The third kappa shape index (κ3) is 2.77. The van der Waals surface area contributed by atoms with Crippen molar-refractivity contribution in [2.24, 2.45) is 20.7 Å². The second-order valence-corrected chi connectivity index (χ2v) is 6.72. The molecular formula is C18H21N5O5. The van der Waals surface area contributed by atoms with Crippen molar-refractivity contribution in [2.75, 3.05) is 20.4 Å². The number of Topliss-reactive ketones (excluding diaryl/α,β-unsaturated/α-hetero) is 1. The number of carbonyl (C=O) groups excluding carboxylic acids is 1. The highest BCUT2D eigenvalue weighted by molar-refractivity contribution is 6.52. The van der Waals surface area contributed by atoms with Crippen molar-refractivity contribution in [3.05, 3.63) is 35.9 Å². The number of hydrogen-bond acceptors (Lipinski definition) is 10. The highest BCUT2D eigenvalue weighted by Crippen LogP contribution is 2.30. The molecule has 4 N–H and O–H groups in total. The average Bonchev–Trinajstić information content (AvgIpc) is 3.29. The van der Waals surface area contributed by atoms with Gasteiger partial charge in [0.25, 0.3) is 0 Å². The van der Waals surface area contributed by atoms with Crippen molar-refractivity contribution < 1.29 is 24.5 Å². The molecule has 0 bridgehead atoms. The van der Waals surface area contributed by atoms with Gasteiger partial charge in [-0.2, -0.15) is 0 Å². The molecule has 148 valence electrons. The molecule has 10 nitrogen and oxygen atoms in total. The molecule has 1 fully saturated rings. The van der Waals surface area contributed by atoms with Crippen LogP contribution in [0, 0.1) is 0 Å². The summed E-state index contributed by atoms with van der Waals surface area (Å²) in [6.07, 6.45) is -2.09. The van der Waals surface area contributed by atoms with Crippen LogP contribution in [0.15, 0.2) is 45.3 Å². The van der Waals surface area contributed by atoms with Crippen LogP contribution < -0.4 is 5.73 Å². The number of nitrogens with two attached hydrogens (primary N) is 1. The number of benzene rings is 1. The number of aliphatic imine (C=N–C) groups is 3. The highest BCUT2D eigenvalue weighted by atomic mass is 16.6. The topological polar surface area (TPSA) is 142 Å². The third-order valence-corrected chi connectivity index (χ3v) is 5.12. The molecule has 3 aliphatic heterocycles. The molecule has 28 heavy (non-hydrogen) atoms. The Morgan fingerprint density at radius 3 is 2.82 bits per heavy atom. The summed E-state index contributed by atoms with van der Waals surface area (Å²) in [5.74, 6) is -0.104. The van der Waals surface area contributed by atoms with E-state index in [2.05, 4.69) is 15.0 Å². The van der Waals surface area contributed by atoms with Crippen LogP contribution in [0.1, 0.15) is 10.4 Å². The fourth-order valence-electron chi connectivity index (χ4n) is 3.67. The van der Waals surface area contributed by atoms with Crippen LogP contribution >= 0.6 is 0 Å². The summed E-state index contributed by atoms with van der Waals surface area (Å²) in [6, 6.07) is 8.59. The smallest absolute Gasteiger partial charge is 0.219 e. The van der Waals surface area contributed by atoms with Gasteiger partial charge in [0, 0.05) is 12.7 Å². The molecule has 4 rings (SSSR count). The minimum absolute atomic E-state index is 0.0782. The molecule has 5 atom stereocenters. The minimum atomic E-state index is -1.71. The molecule has 0 spiro atoms. The van der Waals surface area contributed by atoms with E-state index in [0.29, 0.717) is 11.4 Å². The first-order valence-electron chi connectivity index (χ1n) is 8.80. The van der Waals surface area contributed by atoms with E-state index in [9.17, 15) is 15.0 Å². The van der Waals surface area contributed by atoms with Gasteiger partial charge in [-0.05, 0) is 0 Å². The molecule has 0 amide bonds. The molecule has 1 aromatic rings. The molecular weight excluding hydrogens is 366 g/mol. The molecule has 0 radical (unpaired) electrons. The molecule has 1 aromatic carbocycles. The largest absolute Gasteiger partial charge is 0.394 e. The maximum atomic E-state index is 13.0. The first-order chi connectivity index (χ1) is 13.5. The number of ketones is 1. The average molecular weight is 387 g/mol. The van der Waals surface area contributed by atoms with Crippen molar-refractivity contribution in [3.8, 4) is 0 Å². The zero-order chi connectivity index (χ0) is 19.9. The lowest BCUT2D eigenvalue weighted by Gasteiger charge is -2.31. The molecule has 0 saturated carbocycles. The Hall–Kier alpha value is -2.50. The van der Waals surface area contributed by atoms with E-state index < -0.39 is 36.0 Å². The van der Waals surface area contributed by atoms with Gasteiger partial charge < -0.3 is 24.6 Å². The van der Waals surface area contributed by atoms with Crippen molar-refractivity contribution in [1.29, 1.82) is 0 Å². The van der Waals surface area contributed by atoms with Gasteiger partial charge in [0.15, 0.2) is 12.1 Å². The molecule has 0 aromatic heterocycles. The van der Waals surface area contributed by atoms with Gasteiger partial charge in [-0.3, -0.25) is 15.5 Å². The fraction of sp³-hybridized carbons (Fsp3) is 0.444. The van der Waals surface area contributed by atoms with E-state index in [1.807, 2.05) is 0 Å². The lowest BCUT2D eigenvalue weighted by molar-refractivity contribution is -0.0695. The van der Waals surface area contributed by atoms with E-state index in [1.54, 1.807) is 35.2 Å². The van der Waals surface area contributed by atoms with E-state index in [0.717, 1.165) is 0 Å². The normalized spacial score (nSPS) is 34.2. The fourth-order valence-corrected chi connectivity index (χ4v) is 3.67. The Kier molecular flexibility index (Phi) is 4.81. The molecule has 1 unspecified atom stereocenters. The maximum Gasteiger partial charge on any atom is 0.219 e. The van der Waals surface area contributed by atoms with Gasteiger partial charge >= 0.3 is 0 Å². The lowest BCUT2D eigenvalue weighted by atomic mass is 9.93. The molecule has 1 saturated heterocycles. The summed E-state index contributed by atoms with van der Waals surface area (Å²) in [5.41, 5.74) is 5.27. The van der Waals surface area contributed by atoms with E-state index in [4.69, 9.17) is 15.2 Å². The Balaban J connectivity index is 1.61. The van der Waals surface area contributed by atoms with Crippen LogP contribution in [-0.4, -0.2) is 89.4 Å². The lowest BCUT2D eigenvalue weighted by Crippen LogP contribution is -2.59. The number of rotatable bonds is 5. The number of aliphatic hydroxyl groups excluding tert-OH is 2. The van der Waals surface area contributed by atoms with E-state index in [1.165, 1.54) is 13.4 Å².